The van der Waals surface area contributed by atoms with Crippen molar-refractivity contribution in [1.82, 2.24) is 4.57 Å². The molecule has 332 valence electrons. The van der Waals surface area contributed by atoms with Crippen molar-refractivity contribution in [3.63, 3.8) is 0 Å². The van der Waals surface area contributed by atoms with Crippen molar-refractivity contribution in [3.8, 4) is 50.2 Å². The summed E-state index contributed by atoms with van der Waals surface area (Å²) < 4.78 is 8.84. The van der Waals surface area contributed by atoms with Crippen molar-refractivity contribution in [3.05, 3.63) is 267 Å². The highest BCUT2D eigenvalue weighted by Crippen LogP contribution is 2.46. The molecule has 0 N–H and O–H groups in total. The maximum absolute atomic E-state index is 6.42. The van der Waals surface area contributed by atoms with Gasteiger partial charge < -0.3 is 13.9 Å². The molecular formula is C68H44N2O. The summed E-state index contributed by atoms with van der Waals surface area (Å²) in [7, 11) is 0. The highest BCUT2D eigenvalue weighted by Gasteiger charge is 2.22. The molecule has 0 aliphatic carbocycles. The number of hydrogen-bond donors (Lipinski definition) is 0. The fourth-order valence-electron chi connectivity index (χ4n) is 11.1. The summed E-state index contributed by atoms with van der Waals surface area (Å²) in [6.07, 6.45) is 0. The highest BCUT2D eigenvalue weighted by atomic mass is 16.3. The normalized spacial score (nSPS) is 11.7. The molecule has 3 heteroatoms. The van der Waals surface area contributed by atoms with E-state index in [1.54, 1.807) is 0 Å². The molecule has 0 unspecified atom stereocenters. The number of furan rings is 1. The first-order valence-electron chi connectivity index (χ1n) is 24.3. The smallest absolute Gasteiger partial charge is 0.136 e. The van der Waals surface area contributed by atoms with E-state index in [9.17, 15) is 0 Å². The molecule has 0 atom stereocenters. The predicted molar refractivity (Wildman–Crippen MR) is 299 cm³/mol. The molecular weight excluding hydrogens is 861 g/mol. The molecule has 0 spiro atoms. The van der Waals surface area contributed by atoms with Crippen molar-refractivity contribution < 1.29 is 4.42 Å². The zero-order chi connectivity index (χ0) is 46.8. The minimum atomic E-state index is 0.879. The van der Waals surface area contributed by atoms with Crippen LogP contribution >= 0.6 is 0 Å². The Hall–Kier alpha value is -9.44. The molecule has 0 aliphatic rings. The maximum Gasteiger partial charge on any atom is 0.136 e. The summed E-state index contributed by atoms with van der Waals surface area (Å²) in [5.41, 5.74) is 17.6. The first-order chi connectivity index (χ1) is 35.2. The molecule has 0 saturated heterocycles. The van der Waals surface area contributed by atoms with Gasteiger partial charge in [0.15, 0.2) is 0 Å². The van der Waals surface area contributed by atoms with Crippen molar-refractivity contribution >= 4 is 82.4 Å². The van der Waals surface area contributed by atoms with Crippen molar-refractivity contribution in [2.24, 2.45) is 0 Å². The second-order valence-corrected chi connectivity index (χ2v) is 18.4. The topological polar surface area (TPSA) is 21.3 Å². The van der Waals surface area contributed by atoms with Gasteiger partial charge in [-0.2, -0.15) is 0 Å². The zero-order valence-corrected chi connectivity index (χ0v) is 38.7. The van der Waals surface area contributed by atoms with E-state index in [4.69, 9.17) is 4.42 Å². The highest BCUT2D eigenvalue weighted by molar-refractivity contribution is 6.14. The number of aromatic nitrogens is 1. The van der Waals surface area contributed by atoms with Crippen LogP contribution < -0.4 is 4.90 Å². The lowest BCUT2D eigenvalue weighted by molar-refractivity contribution is 0.669. The van der Waals surface area contributed by atoms with E-state index >= 15 is 0 Å². The molecule has 0 saturated carbocycles. The third kappa shape index (κ3) is 6.82. The first kappa shape index (κ1) is 40.6. The molecule has 2 aromatic heterocycles. The Morgan fingerprint density at radius 3 is 1.66 bits per heavy atom. The molecule has 14 aromatic rings. The minimum absolute atomic E-state index is 0.879. The van der Waals surface area contributed by atoms with E-state index in [0.717, 1.165) is 83.6 Å². The Morgan fingerprint density at radius 2 is 0.859 bits per heavy atom. The van der Waals surface area contributed by atoms with Gasteiger partial charge in [-0.05, 0) is 128 Å². The monoisotopic (exact) mass is 904 g/mol. The summed E-state index contributed by atoms with van der Waals surface area (Å²) in [5.74, 6) is 0. The van der Waals surface area contributed by atoms with E-state index in [1.165, 1.54) is 48.9 Å². The lowest BCUT2D eigenvalue weighted by atomic mass is 9.91. The number of rotatable bonds is 8. The van der Waals surface area contributed by atoms with Crippen molar-refractivity contribution in [1.29, 1.82) is 0 Å². The lowest BCUT2D eigenvalue weighted by Crippen LogP contribution is -2.11. The van der Waals surface area contributed by atoms with Crippen LogP contribution in [0.1, 0.15) is 0 Å². The second kappa shape index (κ2) is 16.7. The number of para-hydroxylation sites is 4. The number of benzene rings is 12. The Kier molecular flexibility index (Phi) is 9.53. The first-order valence-corrected chi connectivity index (χ1v) is 24.3. The van der Waals surface area contributed by atoms with Gasteiger partial charge in [-0.25, -0.2) is 0 Å². The van der Waals surface area contributed by atoms with Crippen LogP contribution in [-0.2, 0) is 0 Å². The summed E-state index contributed by atoms with van der Waals surface area (Å²) >= 11 is 0. The predicted octanol–water partition coefficient (Wildman–Crippen LogP) is 19.1. The van der Waals surface area contributed by atoms with Crippen LogP contribution in [0.15, 0.2) is 271 Å². The third-order valence-electron chi connectivity index (χ3n) is 14.4. The Balaban J connectivity index is 0.974. The molecule has 2 heterocycles. The van der Waals surface area contributed by atoms with Gasteiger partial charge in [0, 0.05) is 44.0 Å². The van der Waals surface area contributed by atoms with Crippen LogP contribution in [-0.4, -0.2) is 4.57 Å². The Labute approximate surface area is 411 Å². The molecule has 12 aromatic carbocycles. The van der Waals surface area contributed by atoms with Gasteiger partial charge >= 0.3 is 0 Å². The van der Waals surface area contributed by atoms with Crippen molar-refractivity contribution in [2.75, 3.05) is 4.90 Å². The lowest BCUT2D eigenvalue weighted by Gasteiger charge is -2.29. The van der Waals surface area contributed by atoms with Crippen LogP contribution in [0.4, 0.5) is 17.1 Å². The van der Waals surface area contributed by atoms with Crippen LogP contribution in [0.3, 0.4) is 0 Å². The Morgan fingerprint density at radius 1 is 0.282 bits per heavy atom. The van der Waals surface area contributed by atoms with Crippen LogP contribution in [0, 0.1) is 0 Å². The molecule has 0 amide bonds. The minimum Gasteiger partial charge on any atom is -0.456 e. The van der Waals surface area contributed by atoms with Gasteiger partial charge in [-0.15, -0.1) is 0 Å². The van der Waals surface area contributed by atoms with Gasteiger partial charge in [0.25, 0.3) is 0 Å². The molecule has 71 heavy (non-hydrogen) atoms. The molecule has 0 bridgehead atoms. The summed E-state index contributed by atoms with van der Waals surface area (Å²) in [6.45, 7) is 0. The second-order valence-electron chi connectivity index (χ2n) is 18.4. The molecule has 0 radical (unpaired) electrons. The van der Waals surface area contributed by atoms with Gasteiger partial charge in [-0.1, -0.05) is 194 Å². The number of nitrogens with zero attached hydrogens (tertiary/aromatic N) is 2. The standard InChI is InChI=1S/C68H44N2O/c1-2-17-45(18-3-1)55-39-36-50(62-42-49-19-4-5-22-53(49)56-24-6-7-25-57(56)62)43-66(55)69(52-21-16-20-47(41-52)48-35-40-61-60-28-11-15-32-67(60)71-68(61)44-48)51-37-33-46(34-38-51)54-23-8-12-29-63(54)70-64-30-13-9-26-58(64)59-27-10-14-31-65(59)70/h1-44H. The summed E-state index contributed by atoms with van der Waals surface area (Å²) in [6, 6.07) is 96.9. The number of fused-ring (bicyclic) bond motifs is 9. The maximum atomic E-state index is 6.42. The van der Waals surface area contributed by atoms with Crippen LogP contribution in [0.5, 0.6) is 0 Å². The Bertz CT molecular complexity index is 4300. The quantitative estimate of drug-likeness (QED) is 0.142. The fraction of sp³-hybridized carbons (Fsp3) is 0. The summed E-state index contributed by atoms with van der Waals surface area (Å²) in [5, 5.41) is 9.69. The molecule has 3 nitrogen and oxygen atoms in total. The number of hydrogen-bond acceptors (Lipinski definition) is 2. The van der Waals surface area contributed by atoms with Gasteiger partial charge in [0.05, 0.1) is 22.4 Å². The fourth-order valence-corrected chi connectivity index (χ4v) is 11.1. The SMILES string of the molecule is c1ccc(-c2ccc(-c3cc4ccccc4c4ccccc34)cc2N(c2ccc(-c3ccccc3-n3c4ccccc4c4ccccc43)cc2)c2cccc(-c3ccc4c(c3)oc3ccccc34)c2)cc1. The molecule has 14 rings (SSSR count). The number of anilines is 3. The molecule has 0 fully saturated rings. The third-order valence-corrected chi connectivity index (χ3v) is 14.4. The van der Waals surface area contributed by atoms with E-state index in [1.807, 2.05) is 12.1 Å². The summed E-state index contributed by atoms with van der Waals surface area (Å²) in [4.78, 5) is 2.45. The van der Waals surface area contributed by atoms with Crippen molar-refractivity contribution in [2.45, 2.75) is 0 Å². The van der Waals surface area contributed by atoms with E-state index in [2.05, 4.69) is 264 Å². The zero-order valence-electron chi connectivity index (χ0n) is 38.7. The van der Waals surface area contributed by atoms with Gasteiger partial charge in [0.1, 0.15) is 11.2 Å². The van der Waals surface area contributed by atoms with E-state index < -0.39 is 0 Å². The van der Waals surface area contributed by atoms with Gasteiger partial charge in [-0.3, -0.25) is 0 Å². The van der Waals surface area contributed by atoms with Gasteiger partial charge in [0.2, 0.25) is 0 Å². The average Bonchev–Trinajstić information content (AvgIpc) is 3.99. The largest absolute Gasteiger partial charge is 0.456 e. The van der Waals surface area contributed by atoms with E-state index in [0.29, 0.717) is 0 Å². The van der Waals surface area contributed by atoms with Crippen LogP contribution in [0.25, 0.3) is 115 Å². The average molecular weight is 905 g/mol. The molecule has 0 aliphatic heterocycles. The van der Waals surface area contributed by atoms with Crippen LogP contribution in [0.2, 0.25) is 0 Å². The van der Waals surface area contributed by atoms with E-state index in [-0.39, 0.29) is 0 Å².